The number of ether oxygens (including phenoxy) is 1. The number of alkyl halides is 3. The van der Waals surface area contributed by atoms with Gasteiger partial charge in [-0.25, -0.2) is 4.79 Å². The molecule has 1 amide bonds. The molecule has 0 saturated heterocycles. The number of phenolic OH excluding ortho intramolecular Hbond substituents is 1. The molecule has 0 aliphatic carbocycles. The van der Waals surface area contributed by atoms with E-state index >= 15 is 0 Å². The molecule has 26 heavy (non-hydrogen) atoms. The average Bonchev–Trinajstić information content (AvgIpc) is 2.60. The first kappa shape index (κ1) is 19.3. The van der Waals surface area contributed by atoms with Crippen LogP contribution in [0.2, 0.25) is 0 Å². The highest BCUT2D eigenvalue weighted by Crippen LogP contribution is 2.29. The molecular formula is C18H16F3NO4. The first-order valence-corrected chi connectivity index (χ1v) is 7.54. The highest BCUT2D eigenvalue weighted by molar-refractivity contribution is 5.97. The topological polar surface area (TPSA) is 75.6 Å². The van der Waals surface area contributed by atoms with E-state index < -0.39 is 29.7 Å². The monoisotopic (exact) mass is 367 g/mol. The minimum atomic E-state index is -4.45. The fraction of sp³-hybridized carbons (Fsp3) is 0.222. The summed E-state index contributed by atoms with van der Waals surface area (Å²) in [6.07, 6.45) is -4.50. The second-order valence-electron chi connectivity index (χ2n) is 5.50. The molecule has 0 aliphatic heterocycles. The van der Waals surface area contributed by atoms with Crippen LogP contribution in [0.1, 0.15) is 21.5 Å². The lowest BCUT2D eigenvalue weighted by molar-refractivity contribution is -0.143. The van der Waals surface area contributed by atoms with Gasteiger partial charge in [0, 0.05) is 12.0 Å². The number of hydrogen-bond acceptors (Lipinski definition) is 4. The number of methoxy groups -OCH3 is 1. The molecule has 2 aromatic rings. The predicted molar refractivity (Wildman–Crippen MR) is 86.5 cm³/mol. The van der Waals surface area contributed by atoms with Crippen molar-refractivity contribution in [1.82, 2.24) is 5.32 Å². The van der Waals surface area contributed by atoms with E-state index in [1.165, 1.54) is 36.4 Å². The Hall–Kier alpha value is -3.03. The predicted octanol–water partition coefficient (Wildman–Crippen LogP) is 2.93. The van der Waals surface area contributed by atoms with E-state index in [9.17, 15) is 27.9 Å². The summed E-state index contributed by atoms with van der Waals surface area (Å²) in [5, 5.41) is 11.9. The Kier molecular flexibility index (Phi) is 5.86. The van der Waals surface area contributed by atoms with Crippen LogP contribution in [0, 0.1) is 0 Å². The maximum Gasteiger partial charge on any atom is 0.416 e. The molecule has 0 bridgehead atoms. The van der Waals surface area contributed by atoms with Crippen molar-refractivity contribution in [3.63, 3.8) is 0 Å². The largest absolute Gasteiger partial charge is 0.508 e. The lowest BCUT2D eigenvalue weighted by atomic mass is 10.0. The third kappa shape index (κ3) is 4.98. The van der Waals surface area contributed by atoms with E-state index in [0.29, 0.717) is 5.56 Å². The Bertz CT molecular complexity index is 788. The van der Waals surface area contributed by atoms with Gasteiger partial charge in [-0.2, -0.15) is 13.2 Å². The maximum atomic E-state index is 12.6. The normalized spacial score (nSPS) is 12.3. The van der Waals surface area contributed by atoms with Crippen molar-refractivity contribution in [3.8, 4) is 5.75 Å². The van der Waals surface area contributed by atoms with Gasteiger partial charge in [0.05, 0.1) is 12.7 Å². The second kappa shape index (κ2) is 7.90. The Labute approximate surface area is 147 Å². The number of phenols is 1. The highest BCUT2D eigenvalue weighted by atomic mass is 19.4. The van der Waals surface area contributed by atoms with Crippen molar-refractivity contribution >= 4 is 11.9 Å². The van der Waals surface area contributed by atoms with Gasteiger partial charge in [-0.05, 0) is 35.9 Å². The Morgan fingerprint density at radius 3 is 2.35 bits per heavy atom. The molecule has 0 fully saturated rings. The van der Waals surface area contributed by atoms with E-state index in [1.807, 2.05) is 0 Å². The lowest BCUT2D eigenvalue weighted by Crippen LogP contribution is -2.43. The standard InChI is InChI=1S/C18H16F3NO4/c1-26-17(25)15(22-16(24)12-3-2-4-14(23)10-12)9-11-5-7-13(8-6-11)18(19,20)21/h2-8,10,15,23H,9H2,1H3,(H,22,24)/t15-/m0/s1. The number of benzene rings is 2. The molecule has 0 radical (unpaired) electrons. The summed E-state index contributed by atoms with van der Waals surface area (Å²) in [4.78, 5) is 24.1. The number of hydrogen-bond donors (Lipinski definition) is 2. The van der Waals surface area contributed by atoms with Gasteiger partial charge in [0.15, 0.2) is 0 Å². The molecule has 0 aliphatic rings. The van der Waals surface area contributed by atoms with E-state index in [2.05, 4.69) is 10.1 Å². The maximum absolute atomic E-state index is 12.6. The molecule has 0 aromatic heterocycles. The van der Waals surface area contributed by atoms with Crippen LogP contribution in [0.15, 0.2) is 48.5 Å². The Balaban J connectivity index is 2.15. The lowest BCUT2D eigenvalue weighted by Gasteiger charge is -2.17. The second-order valence-corrected chi connectivity index (χ2v) is 5.50. The van der Waals surface area contributed by atoms with E-state index in [-0.39, 0.29) is 17.7 Å². The summed E-state index contributed by atoms with van der Waals surface area (Å²) in [7, 11) is 1.14. The van der Waals surface area contributed by atoms with Crippen LogP contribution in [0.5, 0.6) is 5.75 Å². The molecule has 0 unspecified atom stereocenters. The van der Waals surface area contributed by atoms with Crippen LogP contribution in [0.25, 0.3) is 0 Å². The first-order chi connectivity index (χ1) is 12.2. The van der Waals surface area contributed by atoms with Gasteiger partial charge in [-0.3, -0.25) is 4.79 Å². The van der Waals surface area contributed by atoms with Crippen LogP contribution < -0.4 is 5.32 Å². The third-order valence-electron chi connectivity index (χ3n) is 3.62. The van der Waals surface area contributed by atoms with Gasteiger partial charge < -0.3 is 15.2 Å². The Morgan fingerprint density at radius 1 is 1.15 bits per heavy atom. The van der Waals surface area contributed by atoms with Crippen LogP contribution >= 0.6 is 0 Å². The molecular weight excluding hydrogens is 351 g/mol. The molecule has 0 heterocycles. The van der Waals surface area contributed by atoms with E-state index in [1.54, 1.807) is 0 Å². The zero-order valence-electron chi connectivity index (χ0n) is 13.7. The van der Waals surface area contributed by atoms with Gasteiger partial charge in [-0.15, -0.1) is 0 Å². The summed E-state index contributed by atoms with van der Waals surface area (Å²) in [6, 6.07) is 8.71. The quantitative estimate of drug-likeness (QED) is 0.797. The molecule has 5 nitrogen and oxygen atoms in total. The Morgan fingerprint density at radius 2 is 1.81 bits per heavy atom. The highest BCUT2D eigenvalue weighted by Gasteiger charge is 2.30. The number of halogens is 3. The van der Waals surface area contributed by atoms with Crippen LogP contribution in [0.4, 0.5) is 13.2 Å². The molecule has 8 heteroatoms. The molecule has 1 atom stereocenters. The summed E-state index contributed by atoms with van der Waals surface area (Å²) in [5.41, 5.74) is -0.254. The fourth-order valence-corrected chi connectivity index (χ4v) is 2.29. The van der Waals surface area contributed by atoms with Gasteiger partial charge in [-0.1, -0.05) is 18.2 Å². The van der Waals surface area contributed by atoms with Crippen molar-refractivity contribution in [2.75, 3.05) is 7.11 Å². The number of aromatic hydroxyl groups is 1. The smallest absolute Gasteiger partial charge is 0.416 e. The number of rotatable bonds is 5. The summed E-state index contributed by atoms with van der Waals surface area (Å²) in [6.45, 7) is 0. The number of esters is 1. The van der Waals surface area contributed by atoms with E-state index in [0.717, 1.165) is 19.2 Å². The molecule has 138 valence electrons. The molecule has 0 saturated carbocycles. The number of nitrogens with one attached hydrogen (secondary N) is 1. The molecule has 2 aromatic carbocycles. The average molecular weight is 367 g/mol. The van der Waals surface area contributed by atoms with Crippen molar-refractivity contribution < 1.29 is 32.6 Å². The van der Waals surface area contributed by atoms with E-state index in [4.69, 9.17) is 0 Å². The molecule has 2 rings (SSSR count). The van der Waals surface area contributed by atoms with Crippen LogP contribution in [-0.4, -0.2) is 30.1 Å². The fourth-order valence-electron chi connectivity index (χ4n) is 2.29. The zero-order valence-corrected chi connectivity index (χ0v) is 13.7. The van der Waals surface area contributed by atoms with Gasteiger partial charge in [0.25, 0.3) is 5.91 Å². The van der Waals surface area contributed by atoms with Gasteiger partial charge in [0.1, 0.15) is 11.8 Å². The minimum absolute atomic E-state index is 0.0463. The summed E-state index contributed by atoms with van der Waals surface area (Å²) >= 11 is 0. The number of amides is 1. The van der Waals surface area contributed by atoms with Gasteiger partial charge >= 0.3 is 12.1 Å². The van der Waals surface area contributed by atoms with Gasteiger partial charge in [0.2, 0.25) is 0 Å². The molecule has 0 spiro atoms. The van der Waals surface area contributed by atoms with Crippen molar-refractivity contribution in [2.45, 2.75) is 18.6 Å². The van der Waals surface area contributed by atoms with Crippen LogP contribution in [0.3, 0.4) is 0 Å². The molecule has 2 N–H and O–H groups in total. The minimum Gasteiger partial charge on any atom is -0.508 e. The van der Waals surface area contributed by atoms with Crippen molar-refractivity contribution in [1.29, 1.82) is 0 Å². The SMILES string of the molecule is COC(=O)[C@H](Cc1ccc(C(F)(F)F)cc1)NC(=O)c1cccc(O)c1. The van der Waals surface area contributed by atoms with Crippen LogP contribution in [-0.2, 0) is 22.1 Å². The number of carbonyl (C=O) groups excluding carboxylic acids is 2. The number of carbonyl (C=O) groups is 2. The summed E-state index contributed by atoms with van der Waals surface area (Å²) < 4.78 is 42.5. The van der Waals surface area contributed by atoms with Crippen molar-refractivity contribution in [2.24, 2.45) is 0 Å². The third-order valence-corrected chi connectivity index (χ3v) is 3.62. The zero-order chi connectivity index (χ0) is 19.3. The summed E-state index contributed by atoms with van der Waals surface area (Å²) in [5.74, 6) is -1.48. The van der Waals surface area contributed by atoms with Crippen molar-refractivity contribution in [3.05, 3.63) is 65.2 Å². The first-order valence-electron chi connectivity index (χ1n) is 7.54.